The predicted octanol–water partition coefficient (Wildman–Crippen LogP) is 3.97. The van der Waals surface area contributed by atoms with Gasteiger partial charge in [0.05, 0.1) is 15.5 Å². The van der Waals surface area contributed by atoms with Crippen LogP contribution >= 0.6 is 23.4 Å². The van der Waals surface area contributed by atoms with E-state index in [1.165, 1.54) is 17.8 Å². The van der Waals surface area contributed by atoms with E-state index in [1.54, 1.807) is 36.4 Å². The molecule has 0 atom stereocenters. The molecular formula is C13H9ClN2O3S. The van der Waals surface area contributed by atoms with Crippen LogP contribution in [0.15, 0.2) is 52.3 Å². The number of halogens is 1. The van der Waals surface area contributed by atoms with Crippen molar-refractivity contribution in [3.63, 3.8) is 0 Å². The van der Waals surface area contributed by atoms with Gasteiger partial charge in [0.2, 0.25) is 6.41 Å². The number of hydrogen-bond acceptors (Lipinski definition) is 4. The number of nitrogens with zero attached hydrogens (tertiary/aromatic N) is 1. The van der Waals surface area contributed by atoms with Gasteiger partial charge in [-0.2, -0.15) is 0 Å². The van der Waals surface area contributed by atoms with E-state index in [0.29, 0.717) is 26.9 Å². The van der Waals surface area contributed by atoms with Gasteiger partial charge in [-0.1, -0.05) is 35.5 Å². The number of nitro benzene ring substituents is 1. The minimum Gasteiger partial charge on any atom is -0.328 e. The van der Waals surface area contributed by atoms with Crippen molar-refractivity contribution in [1.82, 2.24) is 0 Å². The lowest BCUT2D eigenvalue weighted by atomic mass is 10.3. The standard InChI is InChI=1S/C13H9ClN2O3S/c14-9-5-6-12(10(7-9)15-8-17)20-13-4-2-1-3-11(13)16(18)19/h1-8H,(H,15,17). The molecule has 0 saturated heterocycles. The molecule has 5 nitrogen and oxygen atoms in total. The van der Waals surface area contributed by atoms with Gasteiger partial charge >= 0.3 is 0 Å². The topological polar surface area (TPSA) is 72.2 Å². The summed E-state index contributed by atoms with van der Waals surface area (Å²) < 4.78 is 0. The number of carbonyl (C=O) groups excluding carboxylic acids is 1. The van der Waals surface area contributed by atoms with Crippen LogP contribution in [0.1, 0.15) is 0 Å². The highest BCUT2D eigenvalue weighted by Crippen LogP contribution is 2.38. The summed E-state index contributed by atoms with van der Waals surface area (Å²) in [6, 6.07) is 11.4. The number of amides is 1. The zero-order valence-electron chi connectivity index (χ0n) is 10.1. The van der Waals surface area contributed by atoms with Gasteiger partial charge in [0, 0.05) is 16.0 Å². The van der Waals surface area contributed by atoms with Crippen molar-refractivity contribution in [3.8, 4) is 0 Å². The number of nitro groups is 1. The number of anilines is 1. The lowest BCUT2D eigenvalue weighted by Gasteiger charge is -2.08. The minimum absolute atomic E-state index is 0.0181. The quantitative estimate of drug-likeness (QED) is 0.515. The summed E-state index contributed by atoms with van der Waals surface area (Å²) in [5, 5.41) is 14.0. The van der Waals surface area contributed by atoms with Crippen LogP contribution in [-0.4, -0.2) is 11.3 Å². The summed E-state index contributed by atoms with van der Waals surface area (Å²) in [6.07, 6.45) is 0.537. The molecule has 0 aliphatic rings. The van der Waals surface area contributed by atoms with Crippen molar-refractivity contribution < 1.29 is 9.72 Å². The van der Waals surface area contributed by atoms with Crippen LogP contribution in [0.4, 0.5) is 11.4 Å². The Labute approximate surface area is 124 Å². The molecule has 0 aromatic heterocycles. The van der Waals surface area contributed by atoms with Crippen molar-refractivity contribution in [2.75, 3.05) is 5.32 Å². The molecule has 1 N–H and O–H groups in total. The van der Waals surface area contributed by atoms with E-state index in [4.69, 9.17) is 11.6 Å². The Balaban J connectivity index is 2.39. The molecule has 1 amide bonds. The maximum Gasteiger partial charge on any atom is 0.283 e. The Bertz CT molecular complexity index is 664. The second-order valence-electron chi connectivity index (χ2n) is 3.73. The highest BCUT2D eigenvalue weighted by molar-refractivity contribution is 7.99. The second-order valence-corrected chi connectivity index (χ2v) is 5.25. The fourth-order valence-corrected chi connectivity index (χ4v) is 2.75. The zero-order chi connectivity index (χ0) is 14.5. The molecule has 0 bridgehead atoms. The number of hydrogen-bond donors (Lipinski definition) is 1. The summed E-state index contributed by atoms with van der Waals surface area (Å²) in [4.78, 5) is 22.3. The normalized spacial score (nSPS) is 10.1. The van der Waals surface area contributed by atoms with Crippen LogP contribution in [0.5, 0.6) is 0 Å². The Hall–Kier alpha value is -2.05. The summed E-state index contributed by atoms with van der Waals surface area (Å²) in [7, 11) is 0. The Morgan fingerprint density at radius 2 is 1.95 bits per heavy atom. The first kappa shape index (κ1) is 14.4. The smallest absolute Gasteiger partial charge is 0.283 e. The first-order valence-corrected chi connectivity index (χ1v) is 6.72. The van der Waals surface area contributed by atoms with Crippen LogP contribution in [0, 0.1) is 10.1 Å². The van der Waals surface area contributed by atoms with E-state index in [-0.39, 0.29) is 5.69 Å². The average Bonchev–Trinajstić information content (AvgIpc) is 2.42. The Morgan fingerprint density at radius 3 is 2.65 bits per heavy atom. The summed E-state index contributed by atoms with van der Waals surface area (Å²) in [5.74, 6) is 0. The molecule has 0 fully saturated rings. The molecule has 0 spiro atoms. The first-order chi connectivity index (χ1) is 9.61. The summed E-state index contributed by atoms with van der Waals surface area (Å²) in [5.41, 5.74) is 0.528. The van der Waals surface area contributed by atoms with Gasteiger partial charge in [-0.05, 0) is 24.3 Å². The molecule has 0 radical (unpaired) electrons. The Morgan fingerprint density at radius 1 is 1.20 bits per heavy atom. The van der Waals surface area contributed by atoms with Gasteiger partial charge in [-0.3, -0.25) is 14.9 Å². The van der Waals surface area contributed by atoms with Crippen molar-refractivity contribution in [3.05, 3.63) is 57.6 Å². The highest BCUT2D eigenvalue weighted by Gasteiger charge is 2.15. The molecule has 102 valence electrons. The maximum atomic E-state index is 11.0. The molecule has 0 aliphatic heterocycles. The lowest BCUT2D eigenvalue weighted by Crippen LogP contribution is -1.96. The van der Waals surface area contributed by atoms with Gasteiger partial charge in [-0.25, -0.2) is 0 Å². The maximum absolute atomic E-state index is 11.0. The van der Waals surface area contributed by atoms with Crippen molar-refractivity contribution >= 4 is 41.1 Å². The van der Waals surface area contributed by atoms with E-state index >= 15 is 0 Å². The highest BCUT2D eigenvalue weighted by atomic mass is 35.5. The van der Waals surface area contributed by atoms with Gasteiger partial charge in [-0.15, -0.1) is 0 Å². The van der Waals surface area contributed by atoms with Gasteiger partial charge in [0.15, 0.2) is 0 Å². The monoisotopic (exact) mass is 308 g/mol. The molecule has 0 heterocycles. The number of rotatable bonds is 5. The van der Waals surface area contributed by atoms with E-state index in [9.17, 15) is 14.9 Å². The molecule has 0 unspecified atom stereocenters. The predicted molar refractivity (Wildman–Crippen MR) is 78.4 cm³/mol. The molecule has 7 heteroatoms. The van der Waals surface area contributed by atoms with E-state index in [2.05, 4.69) is 5.32 Å². The van der Waals surface area contributed by atoms with Crippen LogP contribution in [-0.2, 0) is 4.79 Å². The minimum atomic E-state index is -0.439. The molecule has 0 aliphatic carbocycles. The van der Waals surface area contributed by atoms with Crippen LogP contribution in [0.2, 0.25) is 5.02 Å². The third-order valence-corrected chi connectivity index (χ3v) is 3.81. The van der Waals surface area contributed by atoms with Crippen molar-refractivity contribution in [2.24, 2.45) is 0 Å². The van der Waals surface area contributed by atoms with Gasteiger partial charge in [0.25, 0.3) is 5.69 Å². The van der Waals surface area contributed by atoms with E-state index < -0.39 is 4.92 Å². The fraction of sp³-hybridized carbons (Fsp3) is 0. The number of benzene rings is 2. The average molecular weight is 309 g/mol. The van der Waals surface area contributed by atoms with E-state index in [0.717, 1.165) is 0 Å². The van der Waals surface area contributed by atoms with Crippen LogP contribution in [0.3, 0.4) is 0 Å². The molecule has 0 saturated carbocycles. The SMILES string of the molecule is O=CNc1cc(Cl)ccc1Sc1ccccc1[N+](=O)[O-]. The van der Waals surface area contributed by atoms with Crippen molar-refractivity contribution in [2.45, 2.75) is 9.79 Å². The molecule has 20 heavy (non-hydrogen) atoms. The fourth-order valence-electron chi connectivity index (χ4n) is 1.58. The third kappa shape index (κ3) is 3.28. The van der Waals surface area contributed by atoms with E-state index in [1.807, 2.05) is 0 Å². The molecule has 2 aromatic rings. The molecular weight excluding hydrogens is 300 g/mol. The first-order valence-electron chi connectivity index (χ1n) is 5.53. The largest absolute Gasteiger partial charge is 0.328 e. The van der Waals surface area contributed by atoms with Gasteiger partial charge < -0.3 is 5.32 Å². The summed E-state index contributed by atoms with van der Waals surface area (Å²) in [6.45, 7) is 0. The lowest BCUT2D eigenvalue weighted by molar-refractivity contribution is -0.387. The number of para-hydroxylation sites is 1. The molecule has 2 aromatic carbocycles. The third-order valence-electron chi connectivity index (χ3n) is 2.44. The van der Waals surface area contributed by atoms with Crippen LogP contribution in [0.25, 0.3) is 0 Å². The zero-order valence-corrected chi connectivity index (χ0v) is 11.6. The molecule has 2 rings (SSSR count). The van der Waals surface area contributed by atoms with Crippen molar-refractivity contribution in [1.29, 1.82) is 0 Å². The second kappa shape index (κ2) is 6.40. The summed E-state index contributed by atoms with van der Waals surface area (Å²) >= 11 is 7.06. The number of nitrogens with one attached hydrogen (secondary N) is 1. The Kier molecular flexibility index (Phi) is 4.60. The number of carbonyl (C=O) groups is 1. The van der Waals surface area contributed by atoms with Crippen LogP contribution < -0.4 is 5.32 Å². The van der Waals surface area contributed by atoms with Gasteiger partial charge in [0.1, 0.15) is 0 Å².